The lowest BCUT2D eigenvalue weighted by molar-refractivity contribution is -0.131. The lowest BCUT2D eigenvalue weighted by Gasteiger charge is -2.11. The standard InChI is InChI=1S/C22H31N3O4/c26-17-18-14-19(16-23-15-18)24-21(27)12-8-4-5-9-13-22(28)25-29-20-10-6-2-1-3-7-11-20/h1-2,11,14-16,26H,3-10,12-13,17H2,(H,24,27)(H,25,28)/b2-1-,20-11+. The molecule has 0 saturated heterocycles. The van der Waals surface area contributed by atoms with E-state index in [0.717, 1.165) is 57.1 Å². The molecule has 0 bridgehead atoms. The predicted molar refractivity (Wildman–Crippen MR) is 111 cm³/mol. The Hall–Kier alpha value is -2.67. The Morgan fingerprint density at radius 2 is 1.76 bits per heavy atom. The number of nitrogens with zero attached hydrogens (tertiary/aromatic N) is 1. The summed E-state index contributed by atoms with van der Waals surface area (Å²) in [6.45, 7) is -0.107. The van der Waals surface area contributed by atoms with Crippen molar-refractivity contribution < 1.29 is 19.5 Å². The Morgan fingerprint density at radius 3 is 2.55 bits per heavy atom. The van der Waals surface area contributed by atoms with E-state index in [-0.39, 0.29) is 18.4 Å². The summed E-state index contributed by atoms with van der Waals surface area (Å²) in [6.07, 6.45) is 17.3. The van der Waals surface area contributed by atoms with E-state index in [4.69, 9.17) is 9.94 Å². The molecule has 0 radical (unpaired) electrons. The summed E-state index contributed by atoms with van der Waals surface area (Å²) >= 11 is 0. The van der Waals surface area contributed by atoms with Crippen molar-refractivity contribution in [2.45, 2.75) is 70.8 Å². The van der Waals surface area contributed by atoms with E-state index in [0.29, 0.717) is 24.1 Å². The van der Waals surface area contributed by atoms with Crippen molar-refractivity contribution in [3.8, 4) is 0 Å². The average molecular weight is 402 g/mol. The minimum absolute atomic E-state index is 0.0737. The van der Waals surface area contributed by atoms with Gasteiger partial charge in [-0.3, -0.25) is 14.6 Å². The Kier molecular flexibility index (Phi) is 10.5. The molecule has 0 atom stereocenters. The van der Waals surface area contributed by atoms with E-state index in [2.05, 4.69) is 27.9 Å². The SMILES string of the molecule is O=C(CCCCCCC(=O)Nc1cncc(CO)c1)NO/C1=C/CC/C=C\CC1. The first-order valence-electron chi connectivity index (χ1n) is 10.3. The van der Waals surface area contributed by atoms with Gasteiger partial charge in [-0.05, 0) is 49.8 Å². The largest absolute Gasteiger partial charge is 0.392 e. The summed E-state index contributed by atoms with van der Waals surface area (Å²) in [4.78, 5) is 33.2. The second-order valence-electron chi connectivity index (χ2n) is 7.09. The molecule has 1 aromatic rings. The van der Waals surface area contributed by atoms with E-state index in [9.17, 15) is 9.59 Å². The van der Waals surface area contributed by atoms with Gasteiger partial charge in [0.05, 0.1) is 18.5 Å². The van der Waals surface area contributed by atoms with Crippen molar-refractivity contribution in [2.24, 2.45) is 0 Å². The van der Waals surface area contributed by atoms with Crippen LogP contribution in [-0.4, -0.2) is 21.9 Å². The molecule has 0 aromatic carbocycles. The van der Waals surface area contributed by atoms with Crippen LogP contribution in [0.2, 0.25) is 0 Å². The summed E-state index contributed by atoms with van der Waals surface area (Å²) in [5, 5.41) is 11.9. The third kappa shape index (κ3) is 9.89. The molecule has 7 nitrogen and oxygen atoms in total. The fourth-order valence-electron chi connectivity index (χ4n) is 2.96. The number of carbonyl (C=O) groups is 2. The van der Waals surface area contributed by atoms with Crippen molar-refractivity contribution in [2.75, 3.05) is 5.32 Å². The number of anilines is 1. The molecule has 0 fully saturated rings. The number of hydrogen-bond donors (Lipinski definition) is 3. The monoisotopic (exact) mass is 401 g/mol. The van der Waals surface area contributed by atoms with Crippen LogP contribution >= 0.6 is 0 Å². The van der Waals surface area contributed by atoms with Crippen molar-refractivity contribution in [1.82, 2.24) is 10.5 Å². The minimum Gasteiger partial charge on any atom is -0.392 e. The normalized spacial score (nSPS) is 16.7. The first kappa shape index (κ1) is 22.6. The van der Waals surface area contributed by atoms with E-state index < -0.39 is 0 Å². The second kappa shape index (κ2) is 13.5. The highest BCUT2D eigenvalue weighted by Crippen LogP contribution is 2.13. The molecule has 3 N–H and O–H groups in total. The number of nitrogens with one attached hydrogen (secondary N) is 2. The Bertz CT molecular complexity index is 716. The first-order chi connectivity index (χ1) is 14.2. The molecule has 1 aromatic heterocycles. The molecule has 0 spiro atoms. The van der Waals surface area contributed by atoms with Gasteiger partial charge < -0.3 is 15.3 Å². The van der Waals surface area contributed by atoms with E-state index in [1.807, 2.05) is 6.08 Å². The van der Waals surface area contributed by atoms with Gasteiger partial charge in [0.2, 0.25) is 5.91 Å². The van der Waals surface area contributed by atoms with Gasteiger partial charge in [0.25, 0.3) is 5.91 Å². The second-order valence-corrected chi connectivity index (χ2v) is 7.09. The fraction of sp³-hybridized carbons (Fsp3) is 0.500. The Balaban J connectivity index is 1.50. The van der Waals surface area contributed by atoms with Gasteiger partial charge in [-0.25, -0.2) is 0 Å². The zero-order chi connectivity index (χ0) is 20.7. The van der Waals surface area contributed by atoms with Gasteiger partial charge in [0, 0.05) is 25.5 Å². The minimum atomic E-state index is -0.113. The third-order valence-electron chi connectivity index (χ3n) is 4.54. The zero-order valence-corrected chi connectivity index (χ0v) is 16.9. The van der Waals surface area contributed by atoms with Crippen LogP contribution in [-0.2, 0) is 21.0 Å². The topological polar surface area (TPSA) is 101 Å². The number of hydrogen-bond acceptors (Lipinski definition) is 5. The van der Waals surface area contributed by atoms with Crippen LogP contribution in [0.4, 0.5) is 5.69 Å². The maximum absolute atomic E-state index is 11.9. The predicted octanol–water partition coefficient (Wildman–Crippen LogP) is 3.91. The van der Waals surface area contributed by atoms with E-state index >= 15 is 0 Å². The number of amides is 2. The summed E-state index contributed by atoms with van der Waals surface area (Å²) in [5.41, 5.74) is 3.78. The summed E-state index contributed by atoms with van der Waals surface area (Å²) in [7, 11) is 0. The van der Waals surface area contributed by atoms with Crippen LogP contribution in [0.1, 0.15) is 69.8 Å². The molecule has 1 aliphatic carbocycles. The van der Waals surface area contributed by atoms with Crippen LogP contribution in [0.5, 0.6) is 0 Å². The molecular formula is C22H31N3O4. The third-order valence-corrected chi connectivity index (χ3v) is 4.54. The molecule has 2 amide bonds. The highest BCUT2D eigenvalue weighted by Gasteiger charge is 2.06. The van der Waals surface area contributed by atoms with Crippen LogP contribution in [0.3, 0.4) is 0 Å². The molecular weight excluding hydrogens is 370 g/mol. The number of aromatic nitrogens is 1. The van der Waals surface area contributed by atoms with Gasteiger partial charge >= 0.3 is 0 Å². The molecule has 2 rings (SSSR count). The molecule has 0 saturated carbocycles. The maximum atomic E-state index is 11.9. The average Bonchev–Trinajstić information content (AvgIpc) is 2.70. The van der Waals surface area contributed by atoms with Gasteiger partial charge in [0.1, 0.15) is 5.76 Å². The number of unbranched alkanes of at least 4 members (excludes halogenated alkanes) is 3. The quantitative estimate of drug-likeness (QED) is 0.296. The highest BCUT2D eigenvalue weighted by molar-refractivity contribution is 5.90. The van der Waals surface area contributed by atoms with E-state index in [1.165, 1.54) is 0 Å². The summed E-state index contributed by atoms with van der Waals surface area (Å²) < 4.78 is 0. The van der Waals surface area contributed by atoms with Crippen LogP contribution in [0.15, 0.2) is 42.4 Å². The molecule has 1 heterocycles. The molecule has 0 unspecified atom stereocenters. The first-order valence-corrected chi connectivity index (χ1v) is 10.3. The number of aliphatic hydroxyl groups excluding tert-OH is 1. The molecule has 29 heavy (non-hydrogen) atoms. The molecule has 158 valence electrons. The number of carbonyl (C=O) groups excluding carboxylic acids is 2. The molecule has 7 heteroatoms. The summed E-state index contributed by atoms with van der Waals surface area (Å²) in [6, 6.07) is 1.70. The number of hydroxylamine groups is 1. The molecule has 1 aliphatic rings. The highest BCUT2D eigenvalue weighted by atomic mass is 16.7. The van der Waals surface area contributed by atoms with Crippen molar-refractivity contribution in [1.29, 1.82) is 0 Å². The maximum Gasteiger partial charge on any atom is 0.252 e. The van der Waals surface area contributed by atoms with E-state index in [1.54, 1.807) is 18.5 Å². The van der Waals surface area contributed by atoms with Gasteiger partial charge in [0.15, 0.2) is 0 Å². The van der Waals surface area contributed by atoms with Crippen LogP contribution < -0.4 is 10.8 Å². The van der Waals surface area contributed by atoms with Crippen molar-refractivity contribution in [3.63, 3.8) is 0 Å². The number of aliphatic hydroxyl groups is 1. The number of rotatable bonds is 11. The summed E-state index contributed by atoms with van der Waals surface area (Å²) in [5.74, 6) is 0.640. The van der Waals surface area contributed by atoms with Gasteiger partial charge in [-0.15, -0.1) is 0 Å². The van der Waals surface area contributed by atoms with Gasteiger partial charge in [-0.2, -0.15) is 5.48 Å². The molecule has 0 aliphatic heterocycles. The van der Waals surface area contributed by atoms with Crippen molar-refractivity contribution >= 4 is 17.5 Å². The Morgan fingerprint density at radius 1 is 1.00 bits per heavy atom. The van der Waals surface area contributed by atoms with Gasteiger partial charge in [-0.1, -0.05) is 25.0 Å². The zero-order valence-electron chi connectivity index (χ0n) is 16.9. The Labute approximate surface area is 172 Å². The number of allylic oxidation sites excluding steroid dienone is 4. The van der Waals surface area contributed by atoms with Crippen molar-refractivity contribution in [3.05, 3.63) is 48.0 Å². The lowest BCUT2D eigenvalue weighted by Crippen LogP contribution is -2.23. The fourth-order valence-corrected chi connectivity index (χ4v) is 2.96. The van der Waals surface area contributed by atoms with Crippen LogP contribution in [0.25, 0.3) is 0 Å². The lowest BCUT2D eigenvalue weighted by atomic mass is 10.1. The van der Waals surface area contributed by atoms with Crippen LogP contribution in [0, 0.1) is 0 Å². The smallest absolute Gasteiger partial charge is 0.252 e. The number of pyridine rings is 1.